The van der Waals surface area contributed by atoms with E-state index in [2.05, 4.69) is 41.3 Å². The molecular formula is C13H13Cl2N3S. The Morgan fingerprint density at radius 2 is 2.05 bits per heavy atom. The van der Waals surface area contributed by atoms with Gasteiger partial charge in [0, 0.05) is 15.8 Å². The fourth-order valence-electron chi connectivity index (χ4n) is 1.45. The molecule has 0 atom stereocenters. The third-order valence-electron chi connectivity index (χ3n) is 2.16. The van der Waals surface area contributed by atoms with Gasteiger partial charge in [-0.2, -0.15) is 4.98 Å². The molecule has 1 aromatic carbocycles. The molecule has 6 heteroatoms. The molecule has 0 aliphatic heterocycles. The average molecular weight is 314 g/mol. The van der Waals surface area contributed by atoms with E-state index in [1.54, 1.807) is 11.8 Å². The Labute approximate surface area is 126 Å². The van der Waals surface area contributed by atoms with E-state index in [9.17, 15) is 0 Å². The quantitative estimate of drug-likeness (QED) is 0.634. The molecule has 2 rings (SSSR count). The van der Waals surface area contributed by atoms with Gasteiger partial charge in [0.15, 0.2) is 5.15 Å². The Kier molecular flexibility index (Phi) is 4.91. The van der Waals surface area contributed by atoms with E-state index in [1.165, 1.54) is 11.1 Å². The van der Waals surface area contributed by atoms with Crippen LogP contribution in [0.4, 0.5) is 11.6 Å². The van der Waals surface area contributed by atoms with Crippen molar-refractivity contribution in [2.45, 2.75) is 24.0 Å². The molecule has 0 spiro atoms. The summed E-state index contributed by atoms with van der Waals surface area (Å²) in [4.78, 5) is 9.34. The van der Waals surface area contributed by atoms with Gasteiger partial charge in [0.25, 0.3) is 0 Å². The van der Waals surface area contributed by atoms with Crippen molar-refractivity contribution in [1.29, 1.82) is 0 Å². The number of nitrogens with one attached hydrogen (secondary N) is 1. The SMILES string of the molecule is CC(C)Sc1cccc(Nc2ncc(Cl)c(Cl)n2)c1. The molecule has 100 valence electrons. The first-order chi connectivity index (χ1) is 9.04. The third kappa shape index (κ3) is 4.27. The first-order valence-electron chi connectivity index (χ1n) is 5.76. The van der Waals surface area contributed by atoms with Crippen LogP contribution < -0.4 is 5.32 Å². The molecule has 0 unspecified atom stereocenters. The van der Waals surface area contributed by atoms with Crippen molar-refractivity contribution < 1.29 is 0 Å². The molecule has 0 amide bonds. The number of halogens is 2. The van der Waals surface area contributed by atoms with Crippen LogP contribution >= 0.6 is 35.0 Å². The van der Waals surface area contributed by atoms with Crippen molar-refractivity contribution in [1.82, 2.24) is 9.97 Å². The summed E-state index contributed by atoms with van der Waals surface area (Å²) in [6, 6.07) is 8.07. The molecule has 0 radical (unpaired) electrons. The van der Waals surface area contributed by atoms with Crippen molar-refractivity contribution in [3.63, 3.8) is 0 Å². The lowest BCUT2D eigenvalue weighted by Gasteiger charge is -2.08. The highest BCUT2D eigenvalue weighted by Crippen LogP contribution is 2.27. The number of thioether (sulfide) groups is 1. The van der Waals surface area contributed by atoms with Gasteiger partial charge in [-0.05, 0) is 18.2 Å². The molecule has 3 nitrogen and oxygen atoms in total. The van der Waals surface area contributed by atoms with Crippen LogP contribution in [-0.2, 0) is 0 Å². The standard InChI is InChI=1S/C13H13Cl2N3S/c1-8(2)19-10-5-3-4-9(6-10)17-13-16-7-11(14)12(15)18-13/h3-8H,1-2H3,(H,16,17,18). The second-order valence-electron chi connectivity index (χ2n) is 4.15. The van der Waals surface area contributed by atoms with Gasteiger partial charge in [0.2, 0.25) is 5.95 Å². The minimum atomic E-state index is 0.242. The van der Waals surface area contributed by atoms with E-state index in [4.69, 9.17) is 23.2 Å². The van der Waals surface area contributed by atoms with Crippen LogP contribution in [0.1, 0.15) is 13.8 Å². The molecule has 0 fully saturated rings. The molecule has 0 saturated heterocycles. The lowest BCUT2D eigenvalue weighted by molar-refractivity contribution is 1.11. The van der Waals surface area contributed by atoms with Crippen LogP contribution in [0, 0.1) is 0 Å². The highest BCUT2D eigenvalue weighted by Gasteiger charge is 2.04. The van der Waals surface area contributed by atoms with E-state index in [0.717, 1.165) is 5.69 Å². The van der Waals surface area contributed by atoms with Gasteiger partial charge in [-0.25, -0.2) is 4.98 Å². The van der Waals surface area contributed by atoms with Gasteiger partial charge in [0.05, 0.1) is 11.2 Å². The topological polar surface area (TPSA) is 37.8 Å². The summed E-state index contributed by atoms with van der Waals surface area (Å²) in [5, 5.41) is 4.23. The molecule has 0 saturated carbocycles. The van der Waals surface area contributed by atoms with Crippen molar-refractivity contribution in [2.24, 2.45) is 0 Å². The van der Waals surface area contributed by atoms with Gasteiger partial charge in [-0.1, -0.05) is 43.1 Å². The van der Waals surface area contributed by atoms with Crippen molar-refractivity contribution >= 4 is 46.6 Å². The van der Waals surface area contributed by atoms with E-state index in [1.807, 2.05) is 12.1 Å². The number of nitrogens with zero attached hydrogens (tertiary/aromatic N) is 2. The van der Waals surface area contributed by atoms with Crippen LogP contribution in [0.3, 0.4) is 0 Å². The van der Waals surface area contributed by atoms with E-state index in [-0.39, 0.29) is 5.15 Å². The Hall–Kier alpha value is -0.970. The number of hydrogen-bond donors (Lipinski definition) is 1. The molecule has 0 bridgehead atoms. The number of benzene rings is 1. The molecule has 1 aromatic heterocycles. The summed E-state index contributed by atoms with van der Waals surface area (Å²) < 4.78 is 0. The normalized spacial score (nSPS) is 10.8. The summed E-state index contributed by atoms with van der Waals surface area (Å²) in [6.45, 7) is 4.32. The van der Waals surface area contributed by atoms with Crippen LogP contribution in [-0.4, -0.2) is 15.2 Å². The zero-order chi connectivity index (χ0) is 13.8. The Morgan fingerprint density at radius 3 is 2.74 bits per heavy atom. The number of anilines is 2. The molecule has 0 aliphatic carbocycles. The van der Waals surface area contributed by atoms with Gasteiger partial charge in [-0.3, -0.25) is 0 Å². The van der Waals surface area contributed by atoms with Gasteiger partial charge < -0.3 is 5.32 Å². The molecular weight excluding hydrogens is 301 g/mol. The number of rotatable bonds is 4. The predicted molar refractivity (Wildman–Crippen MR) is 82.8 cm³/mol. The molecule has 1 heterocycles. The zero-order valence-electron chi connectivity index (χ0n) is 10.5. The predicted octanol–water partition coefficient (Wildman–Crippen LogP) is 5.03. The minimum Gasteiger partial charge on any atom is -0.324 e. The third-order valence-corrected chi connectivity index (χ3v) is 3.82. The number of hydrogen-bond acceptors (Lipinski definition) is 4. The molecule has 1 N–H and O–H groups in total. The highest BCUT2D eigenvalue weighted by atomic mass is 35.5. The average Bonchev–Trinajstić information content (AvgIpc) is 2.33. The monoisotopic (exact) mass is 313 g/mol. The van der Waals surface area contributed by atoms with E-state index < -0.39 is 0 Å². The smallest absolute Gasteiger partial charge is 0.228 e. The number of aromatic nitrogens is 2. The van der Waals surface area contributed by atoms with Crippen LogP contribution in [0.15, 0.2) is 35.4 Å². The van der Waals surface area contributed by atoms with Gasteiger partial charge >= 0.3 is 0 Å². The van der Waals surface area contributed by atoms with Crippen LogP contribution in [0.25, 0.3) is 0 Å². The first kappa shape index (κ1) is 14.4. The summed E-state index contributed by atoms with van der Waals surface area (Å²) in [5.41, 5.74) is 0.920. The largest absolute Gasteiger partial charge is 0.324 e. The van der Waals surface area contributed by atoms with Gasteiger partial charge in [0.1, 0.15) is 0 Å². The van der Waals surface area contributed by atoms with E-state index >= 15 is 0 Å². The zero-order valence-corrected chi connectivity index (χ0v) is 12.9. The summed E-state index contributed by atoms with van der Waals surface area (Å²) in [5.74, 6) is 0.432. The van der Waals surface area contributed by atoms with Crippen molar-refractivity contribution in [3.8, 4) is 0 Å². The maximum atomic E-state index is 5.85. The second kappa shape index (κ2) is 6.46. The molecule has 2 aromatic rings. The Bertz CT molecular complexity index is 576. The maximum Gasteiger partial charge on any atom is 0.228 e. The highest BCUT2D eigenvalue weighted by molar-refractivity contribution is 7.99. The van der Waals surface area contributed by atoms with Crippen molar-refractivity contribution in [2.75, 3.05) is 5.32 Å². The first-order valence-corrected chi connectivity index (χ1v) is 7.40. The molecule has 0 aliphatic rings. The van der Waals surface area contributed by atoms with Crippen LogP contribution in [0.2, 0.25) is 10.2 Å². The second-order valence-corrected chi connectivity index (χ2v) is 6.57. The van der Waals surface area contributed by atoms with Gasteiger partial charge in [-0.15, -0.1) is 11.8 Å². The fourth-order valence-corrected chi connectivity index (χ4v) is 2.57. The lowest BCUT2D eigenvalue weighted by Crippen LogP contribution is -1.97. The fraction of sp³-hybridized carbons (Fsp3) is 0.231. The summed E-state index contributed by atoms with van der Waals surface area (Å²) in [7, 11) is 0. The minimum absolute atomic E-state index is 0.242. The summed E-state index contributed by atoms with van der Waals surface area (Å²) >= 11 is 13.4. The Balaban J connectivity index is 2.16. The molecule has 19 heavy (non-hydrogen) atoms. The van der Waals surface area contributed by atoms with Crippen molar-refractivity contribution in [3.05, 3.63) is 40.6 Å². The lowest BCUT2D eigenvalue weighted by atomic mass is 10.3. The van der Waals surface area contributed by atoms with Crippen LogP contribution in [0.5, 0.6) is 0 Å². The van der Waals surface area contributed by atoms with E-state index in [0.29, 0.717) is 16.2 Å². The Morgan fingerprint density at radius 1 is 1.26 bits per heavy atom. The maximum absolute atomic E-state index is 5.85. The summed E-state index contributed by atoms with van der Waals surface area (Å²) in [6.07, 6.45) is 1.48.